The molecular formula is C23H22BrF5N4O2S. The predicted octanol–water partition coefficient (Wildman–Crippen LogP) is 6.19. The van der Waals surface area contributed by atoms with Gasteiger partial charge in [0.2, 0.25) is 10.0 Å². The van der Waals surface area contributed by atoms with E-state index in [1.54, 1.807) is 4.68 Å². The number of sulfonamides is 1. The first kappa shape index (κ1) is 26.7. The van der Waals surface area contributed by atoms with E-state index in [9.17, 15) is 30.4 Å². The number of halogens is 6. The lowest BCUT2D eigenvalue weighted by molar-refractivity contribution is -0.141. The van der Waals surface area contributed by atoms with E-state index in [0.717, 1.165) is 18.2 Å². The van der Waals surface area contributed by atoms with Crippen molar-refractivity contribution in [1.82, 2.24) is 19.5 Å². The Morgan fingerprint density at radius 1 is 1.08 bits per heavy atom. The molecule has 6 nitrogen and oxygen atoms in total. The molecule has 3 aromatic rings. The van der Waals surface area contributed by atoms with Crippen molar-refractivity contribution >= 4 is 26.0 Å². The average molecular weight is 593 g/mol. The van der Waals surface area contributed by atoms with Gasteiger partial charge in [0.05, 0.1) is 23.5 Å². The zero-order chi connectivity index (χ0) is 26.6. The van der Waals surface area contributed by atoms with E-state index in [1.165, 1.54) is 6.20 Å². The third-order valence-corrected chi connectivity index (χ3v) is 7.83. The monoisotopic (exact) mass is 592 g/mol. The van der Waals surface area contributed by atoms with Gasteiger partial charge in [0.1, 0.15) is 10.6 Å². The highest BCUT2D eigenvalue weighted by molar-refractivity contribution is 9.10. The first-order chi connectivity index (χ1) is 16.6. The molecular weight excluding hydrogens is 571 g/mol. The molecule has 2 heterocycles. The lowest BCUT2D eigenvalue weighted by Crippen LogP contribution is -2.31. The normalized spacial score (nSPS) is 15.8. The number of hydrogen-bond acceptors (Lipinski definition) is 4. The number of nitrogens with zero attached hydrogens (tertiary/aromatic N) is 3. The van der Waals surface area contributed by atoms with E-state index < -0.39 is 50.0 Å². The molecule has 1 fully saturated rings. The number of alkyl halides is 3. The summed E-state index contributed by atoms with van der Waals surface area (Å²) < 4.78 is 97.4. The third kappa shape index (κ3) is 5.32. The van der Waals surface area contributed by atoms with Crippen LogP contribution in [0.25, 0.3) is 11.3 Å². The van der Waals surface area contributed by atoms with Gasteiger partial charge in [-0.3, -0.25) is 9.67 Å². The Morgan fingerprint density at radius 3 is 2.25 bits per heavy atom. The molecule has 1 atom stereocenters. The fourth-order valence-electron chi connectivity index (χ4n) is 3.86. The van der Waals surface area contributed by atoms with Crippen molar-refractivity contribution in [1.29, 1.82) is 0 Å². The SMILES string of the molecule is CC(C)(C)n1ncc(C(NS(=O)(=O)c2ccc(C(F)(F)F)nc2)C2CC2)c1-c1cc(F)c(F)cc1Br. The summed E-state index contributed by atoms with van der Waals surface area (Å²) in [5, 5.41) is 4.44. The summed E-state index contributed by atoms with van der Waals surface area (Å²) >= 11 is 3.27. The van der Waals surface area contributed by atoms with Crippen LogP contribution in [0, 0.1) is 17.6 Å². The minimum absolute atomic E-state index is 0.123. The second kappa shape index (κ2) is 9.18. The first-order valence-electron chi connectivity index (χ1n) is 10.9. The molecule has 1 N–H and O–H groups in total. The third-order valence-electron chi connectivity index (χ3n) is 5.75. The highest BCUT2D eigenvalue weighted by Gasteiger charge is 2.40. The van der Waals surface area contributed by atoms with Crippen LogP contribution in [0.4, 0.5) is 22.0 Å². The van der Waals surface area contributed by atoms with E-state index in [0.29, 0.717) is 36.4 Å². The molecule has 0 radical (unpaired) electrons. The Balaban J connectivity index is 1.81. The fourth-order valence-corrected chi connectivity index (χ4v) is 5.59. The second-order valence-electron chi connectivity index (χ2n) is 9.59. The van der Waals surface area contributed by atoms with Gasteiger partial charge in [0, 0.05) is 21.8 Å². The molecule has 13 heteroatoms. The van der Waals surface area contributed by atoms with Gasteiger partial charge in [0.15, 0.2) is 11.6 Å². The molecule has 1 aromatic carbocycles. The number of benzene rings is 1. The van der Waals surface area contributed by atoms with E-state index in [-0.39, 0.29) is 16.0 Å². The van der Waals surface area contributed by atoms with Gasteiger partial charge < -0.3 is 0 Å². The van der Waals surface area contributed by atoms with E-state index in [2.05, 4.69) is 30.7 Å². The van der Waals surface area contributed by atoms with Crippen molar-refractivity contribution in [3.05, 3.63) is 64.0 Å². The Bertz CT molecular complexity index is 1400. The molecule has 0 spiro atoms. The van der Waals surface area contributed by atoms with Gasteiger partial charge in [-0.05, 0) is 79.7 Å². The predicted molar refractivity (Wildman–Crippen MR) is 125 cm³/mol. The van der Waals surface area contributed by atoms with Crippen molar-refractivity contribution in [2.45, 2.75) is 56.3 Å². The molecule has 1 aliphatic rings. The Kier molecular flexibility index (Phi) is 6.80. The van der Waals surface area contributed by atoms with Crippen LogP contribution < -0.4 is 4.72 Å². The number of pyridine rings is 1. The zero-order valence-electron chi connectivity index (χ0n) is 19.4. The van der Waals surface area contributed by atoms with Gasteiger partial charge in [-0.2, -0.15) is 18.3 Å². The van der Waals surface area contributed by atoms with Gasteiger partial charge in [-0.1, -0.05) is 0 Å². The Hall–Kier alpha value is -2.38. The van der Waals surface area contributed by atoms with Gasteiger partial charge in [-0.25, -0.2) is 21.9 Å². The molecule has 0 aliphatic heterocycles. The molecule has 1 unspecified atom stereocenters. The number of hydrogen-bond donors (Lipinski definition) is 1. The first-order valence-corrected chi connectivity index (χ1v) is 13.2. The van der Waals surface area contributed by atoms with Crippen molar-refractivity contribution in [2.75, 3.05) is 0 Å². The van der Waals surface area contributed by atoms with Crippen molar-refractivity contribution in [3.63, 3.8) is 0 Å². The van der Waals surface area contributed by atoms with Crippen LogP contribution in [0.1, 0.15) is 50.9 Å². The summed E-state index contributed by atoms with van der Waals surface area (Å²) in [6, 6.07) is 2.62. The second-order valence-corrected chi connectivity index (χ2v) is 12.2. The molecule has 36 heavy (non-hydrogen) atoms. The van der Waals surface area contributed by atoms with Crippen molar-refractivity contribution in [2.24, 2.45) is 5.92 Å². The molecule has 0 bridgehead atoms. The molecule has 1 saturated carbocycles. The highest BCUT2D eigenvalue weighted by Crippen LogP contribution is 2.46. The maximum atomic E-state index is 14.3. The topological polar surface area (TPSA) is 76.9 Å². The summed E-state index contributed by atoms with van der Waals surface area (Å²) in [6.07, 6.45) is -1.19. The van der Waals surface area contributed by atoms with Crippen LogP contribution in [0.3, 0.4) is 0 Å². The van der Waals surface area contributed by atoms with Crippen LogP contribution in [-0.2, 0) is 21.7 Å². The van der Waals surface area contributed by atoms with E-state index in [1.807, 2.05) is 20.8 Å². The van der Waals surface area contributed by atoms with Crippen LogP contribution in [0.5, 0.6) is 0 Å². The fraction of sp³-hybridized carbons (Fsp3) is 0.391. The number of aromatic nitrogens is 3. The van der Waals surface area contributed by atoms with Crippen molar-refractivity contribution in [3.8, 4) is 11.3 Å². The molecule has 1 aliphatic carbocycles. The summed E-state index contributed by atoms with van der Waals surface area (Å²) in [5.41, 5.74) is -0.724. The van der Waals surface area contributed by atoms with Gasteiger partial charge in [-0.15, -0.1) is 0 Å². The summed E-state index contributed by atoms with van der Waals surface area (Å²) in [7, 11) is -4.29. The lowest BCUT2D eigenvalue weighted by atomic mass is 9.98. The summed E-state index contributed by atoms with van der Waals surface area (Å²) in [6.45, 7) is 5.56. The van der Waals surface area contributed by atoms with Crippen LogP contribution >= 0.6 is 15.9 Å². The quantitative estimate of drug-likeness (QED) is 0.273. The van der Waals surface area contributed by atoms with Gasteiger partial charge >= 0.3 is 6.18 Å². The lowest BCUT2D eigenvalue weighted by Gasteiger charge is -2.25. The summed E-state index contributed by atoms with van der Waals surface area (Å²) in [5.74, 6) is -2.26. The Morgan fingerprint density at radius 2 is 1.72 bits per heavy atom. The largest absolute Gasteiger partial charge is 0.433 e. The zero-order valence-corrected chi connectivity index (χ0v) is 21.8. The number of rotatable bonds is 6. The minimum atomic E-state index is -4.71. The molecule has 194 valence electrons. The van der Waals surface area contributed by atoms with E-state index in [4.69, 9.17) is 0 Å². The molecule has 0 amide bonds. The maximum absolute atomic E-state index is 14.3. The smallest absolute Gasteiger partial charge is 0.259 e. The Labute approximate surface area is 213 Å². The van der Waals surface area contributed by atoms with Crippen molar-refractivity contribution < 1.29 is 30.4 Å². The van der Waals surface area contributed by atoms with Crippen LogP contribution in [-0.4, -0.2) is 23.2 Å². The number of nitrogens with one attached hydrogen (secondary N) is 1. The minimum Gasteiger partial charge on any atom is -0.259 e. The summed E-state index contributed by atoms with van der Waals surface area (Å²) in [4.78, 5) is 2.81. The average Bonchev–Trinajstić information content (AvgIpc) is 3.51. The standard InChI is InChI=1S/C23H22BrF5N4O2S/c1-22(2,3)33-21(14-8-17(25)18(26)9-16(14)24)15(11-31-33)20(12-4-5-12)32-36(34,35)13-6-7-19(30-10-13)23(27,28)29/h6-12,20,32H,4-5H2,1-3H3. The highest BCUT2D eigenvalue weighted by atomic mass is 79.9. The molecule has 4 rings (SSSR count). The van der Waals surface area contributed by atoms with Gasteiger partial charge in [0.25, 0.3) is 0 Å². The van der Waals surface area contributed by atoms with E-state index >= 15 is 0 Å². The molecule has 0 saturated heterocycles. The maximum Gasteiger partial charge on any atom is 0.433 e. The molecule has 2 aromatic heterocycles. The van der Waals surface area contributed by atoms with Crippen LogP contribution in [0.15, 0.2) is 46.0 Å². The van der Waals surface area contributed by atoms with Crippen LogP contribution in [0.2, 0.25) is 0 Å².